The molecule has 2 fully saturated rings. The SMILES string of the molecule is CC1CN(C)CCN1C(=O)C1CCNCC1.Cl.Cl. The summed E-state index contributed by atoms with van der Waals surface area (Å²) >= 11 is 0. The molecule has 1 N–H and O–H groups in total. The second kappa shape index (κ2) is 8.20. The summed E-state index contributed by atoms with van der Waals surface area (Å²) in [6, 6.07) is 0.376. The van der Waals surface area contributed by atoms with Gasteiger partial charge in [-0.2, -0.15) is 0 Å². The number of rotatable bonds is 1. The van der Waals surface area contributed by atoms with Gasteiger partial charge >= 0.3 is 0 Å². The van der Waals surface area contributed by atoms with E-state index >= 15 is 0 Å². The summed E-state index contributed by atoms with van der Waals surface area (Å²) in [6.07, 6.45) is 2.02. The molecule has 0 aromatic carbocycles. The summed E-state index contributed by atoms with van der Waals surface area (Å²) in [5, 5.41) is 3.31. The Morgan fingerprint density at radius 2 is 1.78 bits per heavy atom. The van der Waals surface area contributed by atoms with E-state index in [0.717, 1.165) is 45.6 Å². The van der Waals surface area contributed by atoms with Gasteiger partial charge in [-0.3, -0.25) is 4.79 Å². The molecular formula is C12H25Cl2N3O. The van der Waals surface area contributed by atoms with Crippen LogP contribution in [0.1, 0.15) is 19.8 Å². The van der Waals surface area contributed by atoms with Gasteiger partial charge in [0.25, 0.3) is 0 Å². The molecule has 2 saturated heterocycles. The van der Waals surface area contributed by atoms with Gasteiger partial charge in [-0.1, -0.05) is 0 Å². The smallest absolute Gasteiger partial charge is 0.226 e. The average molecular weight is 298 g/mol. The number of nitrogens with zero attached hydrogens (tertiary/aromatic N) is 2. The first kappa shape index (κ1) is 18.0. The van der Waals surface area contributed by atoms with Crippen molar-refractivity contribution in [3.63, 3.8) is 0 Å². The van der Waals surface area contributed by atoms with Gasteiger partial charge in [-0.15, -0.1) is 24.8 Å². The van der Waals surface area contributed by atoms with Crippen LogP contribution in [0.25, 0.3) is 0 Å². The third kappa shape index (κ3) is 4.26. The number of piperazine rings is 1. The third-order valence-corrected chi connectivity index (χ3v) is 3.80. The Hall–Kier alpha value is -0.0300. The lowest BCUT2D eigenvalue weighted by atomic mass is 9.95. The summed E-state index contributed by atoms with van der Waals surface area (Å²) in [7, 11) is 2.13. The second-order valence-electron chi connectivity index (χ2n) is 5.17. The number of amides is 1. The number of halogens is 2. The van der Waals surface area contributed by atoms with Crippen LogP contribution in [0, 0.1) is 5.92 Å². The van der Waals surface area contributed by atoms with Gasteiger partial charge in [-0.25, -0.2) is 0 Å². The fraction of sp³-hybridized carbons (Fsp3) is 0.917. The van der Waals surface area contributed by atoms with Crippen LogP contribution < -0.4 is 5.32 Å². The summed E-state index contributed by atoms with van der Waals surface area (Å²) in [5.74, 6) is 0.661. The zero-order valence-corrected chi connectivity index (χ0v) is 12.9. The number of carbonyl (C=O) groups is 1. The molecule has 1 atom stereocenters. The van der Waals surface area contributed by atoms with Crippen molar-refractivity contribution in [1.29, 1.82) is 0 Å². The molecule has 0 aliphatic carbocycles. The average Bonchev–Trinajstić information content (AvgIpc) is 2.29. The van der Waals surface area contributed by atoms with Crippen molar-refractivity contribution in [2.75, 3.05) is 39.8 Å². The van der Waals surface area contributed by atoms with Crippen LogP contribution in [0.3, 0.4) is 0 Å². The normalized spacial score (nSPS) is 26.1. The standard InChI is InChI=1S/C12H23N3O.2ClH/c1-10-9-14(2)7-8-15(10)12(16)11-3-5-13-6-4-11;;/h10-11,13H,3-9H2,1-2H3;2*1H. The highest BCUT2D eigenvalue weighted by atomic mass is 35.5. The molecule has 1 unspecified atom stereocenters. The van der Waals surface area contributed by atoms with Crippen molar-refractivity contribution in [1.82, 2.24) is 15.1 Å². The molecule has 4 nitrogen and oxygen atoms in total. The number of hydrogen-bond acceptors (Lipinski definition) is 3. The van der Waals surface area contributed by atoms with Gasteiger partial charge in [0.1, 0.15) is 0 Å². The number of nitrogens with one attached hydrogen (secondary N) is 1. The van der Waals surface area contributed by atoms with Crippen molar-refractivity contribution in [3.05, 3.63) is 0 Å². The Balaban J connectivity index is 0.00000144. The highest BCUT2D eigenvalue weighted by Gasteiger charge is 2.31. The lowest BCUT2D eigenvalue weighted by Crippen LogP contribution is -2.55. The van der Waals surface area contributed by atoms with Crippen LogP contribution >= 0.6 is 24.8 Å². The van der Waals surface area contributed by atoms with Crippen LogP contribution in [0.15, 0.2) is 0 Å². The van der Waals surface area contributed by atoms with E-state index in [1.54, 1.807) is 0 Å². The van der Waals surface area contributed by atoms with Crippen molar-refractivity contribution >= 4 is 30.7 Å². The van der Waals surface area contributed by atoms with Crippen LogP contribution in [0.2, 0.25) is 0 Å². The van der Waals surface area contributed by atoms with E-state index < -0.39 is 0 Å². The van der Waals surface area contributed by atoms with E-state index in [0.29, 0.717) is 11.9 Å². The predicted molar refractivity (Wildman–Crippen MR) is 78.8 cm³/mol. The van der Waals surface area contributed by atoms with Crippen molar-refractivity contribution in [2.45, 2.75) is 25.8 Å². The summed E-state index contributed by atoms with van der Waals surface area (Å²) < 4.78 is 0. The molecule has 0 bridgehead atoms. The van der Waals surface area contributed by atoms with E-state index in [2.05, 4.69) is 29.1 Å². The Kier molecular flexibility index (Phi) is 8.19. The number of piperidine rings is 1. The largest absolute Gasteiger partial charge is 0.337 e. The van der Waals surface area contributed by atoms with E-state index in [1.165, 1.54) is 0 Å². The van der Waals surface area contributed by atoms with Crippen molar-refractivity contribution in [3.8, 4) is 0 Å². The molecule has 6 heteroatoms. The molecule has 2 aliphatic heterocycles. The highest BCUT2D eigenvalue weighted by Crippen LogP contribution is 2.18. The second-order valence-corrected chi connectivity index (χ2v) is 5.17. The number of hydrogen-bond donors (Lipinski definition) is 1. The monoisotopic (exact) mass is 297 g/mol. The molecule has 18 heavy (non-hydrogen) atoms. The quantitative estimate of drug-likeness (QED) is 0.784. The fourth-order valence-corrected chi connectivity index (χ4v) is 2.77. The first-order valence-electron chi connectivity index (χ1n) is 6.38. The maximum atomic E-state index is 12.3. The zero-order valence-electron chi connectivity index (χ0n) is 11.2. The lowest BCUT2D eigenvalue weighted by Gasteiger charge is -2.40. The molecule has 0 spiro atoms. The Labute approximate surface area is 122 Å². The van der Waals surface area contributed by atoms with Crippen LogP contribution in [-0.2, 0) is 4.79 Å². The summed E-state index contributed by atoms with van der Waals surface area (Å²) in [6.45, 7) is 7.09. The molecule has 0 radical (unpaired) electrons. The topological polar surface area (TPSA) is 35.6 Å². The molecule has 2 rings (SSSR count). The van der Waals surface area contributed by atoms with Gasteiger partial charge in [-0.05, 0) is 39.9 Å². The molecule has 2 heterocycles. The molecular weight excluding hydrogens is 273 g/mol. The molecule has 0 aromatic heterocycles. The van der Waals surface area contributed by atoms with Crippen LogP contribution in [-0.4, -0.2) is 61.5 Å². The van der Waals surface area contributed by atoms with Crippen molar-refractivity contribution < 1.29 is 4.79 Å². The van der Waals surface area contributed by atoms with Gasteiger partial charge in [0.2, 0.25) is 5.91 Å². The van der Waals surface area contributed by atoms with Gasteiger partial charge in [0.05, 0.1) is 0 Å². The van der Waals surface area contributed by atoms with Crippen molar-refractivity contribution in [2.24, 2.45) is 5.92 Å². The van der Waals surface area contributed by atoms with E-state index in [4.69, 9.17) is 0 Å². The Morgan fingerprint density at radius 3 is 2.33 bits per heavy atom. The maximum absolute atomic E-state index is 12.3. The van der Waals surface area contributed by atoms with E-state index in [9.17, 15) is 4.79 Å². The Morgan fingerprint density at radius 1 is 1.17 bits per heavy atom. The molecule has 0 aromatic rings. The van der Waals surface area contributed by atoms with E-state index in [1.807, 2.05) is 0 Å². The highest BCUT2D eigenvalue weighted by molar-refractivity contribution is 5.85. The van der Waals surface area contributed by atoms with Gasteiger partial charge < -0.3 is 15.1 Å². The third-order valence-electron chi connectivity index (χ3n) is 3.80. The number of carbonyl (C=O) groups excluding carboxylic acids is 1. The minimum absolute atomic E-state index is 0. The maximum Gasteiger partial charge on any atom is 0.226 e. The first-order valence-corrected chi connectivity index (χ1v) is 6.38. The minimum atomic E-state index is 0. The molecule has 1 amide bonds. The molecule has 2 aliphatic rings. The fourth-order valence-electron chi connectivity index (χ4n) is 2.77. The predicted octanol–water partition coefficient (Wildman–Crippen LogP) is 0.992. The zero-order chi connectivity index (χ0) is 11.5. The van der Waals surface area contributed by atoms with Gasteiger partial charge in [0, 0.05) is 31.6 Å². The molecule has 108 valence electrons. The molecule has 0 saturated carbocycles. The van der Waals surface area contributed by atoms with Crippen LogP contribution in [0.4, 0.5) is 0 Å². The minimum Gasteiger partial charge on any atom is -0.337 e. The Bertz CT molecular complexity index is 260. The van der Waals surface area contributed by atoms with E-state index in [-0.39, 0.29) is 30.7 Å². The lowest BCUT2D eigenvalue weighted by molar-refractivity contribution is -0.140. The number of likely N-dealkylation sites (N-methyl/N-ethyl adjacent to an activating group) is 1. The van der Waals surface area contributed by atoms with Gasteiger partial charge in [0.15, 0.2) is 0 Å². The summed E-state index contributed by atoms with van der Waals surface area (Å²) in [4.78, 5) is 16.7. The summed E-state index contributed by atoms with van der Waals surface area (Å²) in [5.41, 5.74) is 0. The first-order chi connectivity index (χ1) is 7.68. The van der Waals surface area contributed by atoms with Crippen LogP contribution in [0.5, 0.6) is 0 Å².